The Morgan fingerprint density at radius 1 is 1.48 bits per heavy atom. The van der Waals surface area contributed by atoms with Crippen molar-refractivity contribution in [1.82, 2.24) is 5.32 Å². The van der Waals surface area contributed by atoms with Crippen molar-refractivity contribution in [3.05, 3.63) is 28.8 Å². The average Bonchev–Trinajstić information content (AvgIpc) is 2.50. The number of hydrogen-bond donors (Lipinski definition) is 2. The van der Waals surface area contributed by atoms with E-state index in [-0.39, 0.29) is 12.0 Å². The summed E-state index contributed by atoms with van der Waals surface area (Å²) in [4.78, 5) is 11.8. The second-order valence-electron chi connectivity index (χ2n) is 4.92. The highest BCUT2D eigenvalue weighted by atomic mass is 35.5. The SMILES string of the molecule is N#Cc1cc(NC(=O)CCOC2CCNCC2)ccc1Cl. The van der Waals surface area contributed by atoms with Crippen LogP contribution in [0.3, 0.4) is 0 Å². The quantitative estimate of drug-likeness (QED) is 0.875. The Balaban J connectivity index is 1.75. The van der Waals surface area contributed by atoms with Crippen molar-refractivity contribution in [2.75, 3.05) is 25.0 Å². The van der Waals surface area contributed by atoms with E-state index in [1.165, 1.54) is 0 Å². The number of nitrogens with one attached hydrogen (secondary N) is 2. The topological polar surface area (TPSA) is 74.2 Å². The molecule has 0 bridgehead atoms. The summed E-state index contributed by atoms with van der Waals surface area (Å²) in [6.45, 7) is 2.35. The van der Waals surface area contributed by atoms with Crippen LogP contribution in [0.2, 0.25) is 5.02 Å². The minimum absolute atomic E-state index is 0.129. The second kappa shape index (κ2) is 7.99. The molecule has 1 fully saturated rings. The lowest BCUT2D eigenvalue weighted by Gasteiger charge is -2.22. The van der Waals surface area contributed by atoms with Gasteiger partial charge in [0.05, 0.1) is 29.7 Å². The maximum absolute atomic E-state index is 11.8. The van der Waals surface area contributed by atoms with Crippen molar-refractivity contribution >= 4 is 23.2 Å². The zero-order chi connectivity index (χ0) is 15.1. The van der Waals surface area contributed by atoms with Gasteiger partial charge in [0.1, 0.15) is 6.07 Å². The number of carbonyl (C=O) groups excluding carboxylic acids is 1. The summed E-state index contributed by atoms with van der Waals surface area (Å²) < 4.78 is 5.68. The van der Waals surface area contributed by atoms with Gasteiger partial charge in [0.2, 0.25) is 5.91 Å². The maximum atomic E-state index is 11.8. The summed E-state index contributed by atoms with van der Waals surface area (Å²) in [5.41, 5.74) is 0.920. The number of ether oxygens (including phenoxy) is 1. The lowest BCUT2D eigenvalue weighted by molar-refractivity contribution is -0.117. The van der Waals surface area contributed by atoms with Crippen LogP contribution in [0.1, 0.15) is 24.8 Å². The van der Waals surface area contributed by atoms with Crippen molar-refractivity contribution in [3.8, 4) is 6.07 Å². The molecule has 1 aromatic rings. The molecule has 0 unspecified atom stereocenters. The van der Waals surface area contributed by atoms with Crippen LogP contribution >= 0.6 is 11.6 Å². The molecule has 6 heteroatoms. The molecule has 0 atom stereocenters. The van der Waals surface area contributed by atoms with Gasteiger partial charge in [0.25, 0.3) is 0 Å². The van der Waals surface area contributed by atoms with E-state index in [1.807, 2.05) is 6.07 Å². The van der Waals surface area contributed by atoms with E-state index >= 15 is 0 Å². The van der Waals surface area contributed by atoms with Gasteiger partial charge in [-0.3, -0.25) is 4.79 Å². The Bertz CT molecular complexity index is 536. The molecule has 1 heterocycles. The molecule has 0 saturated carbocycles. The van der Waals surface area contributed by atoms with Crippen molar-refractivity contribution < 1.29 is 9.53 Å². The Labute approximate surface area is 129 Å². The van der Waals surface area contributed by atoms with Gasteiger partial charge in [0.15, 0.2) is 0 Å². The number of nitrogens with zero attached hydrogens (tertiary/aromatic N) is 1. The fourth-order valence-corrected chi connectivity index (χ4v) is 2.35. The summed E-state index contributed by atoms with van der Waals surface area (Å²) in [5, 5.41) is 15.3. The fourth-order valence-electron chi connectivity index (χ4n) is 2.19. The first kappa shape index (κ1) is 15.8. The standard InChI is InChI=1S/C15H18ClN3O2/c16-14-2-1-12(9-11(14)10-17)19-15(20)5-8-21-13-3-6-18-7-4-13/h1-2,9,13,18H,3-8H2,(H,19,20). The zero-order valence-electron chi connectivity index (χ0n) is 11.7. The van der Waals surface area contributed by atoms with E-state index < -0.39 is 0 Å². The molecular weight excluding hydrogens is 290 g/mol. The molecule has 1 saturated heterocycles. The molecule has 1 aliphatic rings. The van der Waals surface area contributed by atoms with E-state index in [4.69, 9.17) is 21.6 Å². The van der Waals surface area contributed by atoms with Crippen molar-refractivity contribution in [2.24, 2.45) is 0 Å². The monoisotopic (exact) mass is 307 g/mol. The molecule has 1 amide bonds. The van der Waals surface area contributed by atoms with Crippen LogP contribution in [-0.2, 0) is 9.53 Å². The molecule has 0 aliphatic carbocycles. The number of anilines is 1. The Morgan fingerprint density at radius 3 is 2.95 bits per heavy atom. The van der Waals surface area contributed by atoms with Crippen molar-refractivity contribution in [1.29, 1.82) is 5.26 Å². The van der Waals surface area contributed by atoms with Crippen molar-refractivity contribution in [2.45, 2.75) is 25.4 Å². The highest BCUT2D eigenvalue weighted by Crippen LogP contribution is 2.19. The molecule has 0 spiro atoms. The zero-order valence-corrected chi connectivity index (χ0v) is 12.4. The molecule has 112 valence electrons. The molecule has 2 N–H and O–H groups in total. The largest absolute Gasteiger partial charge is 0.378 e. The van der Waals surface area contributed by atoms with Crippen LogP contribution in [-0.4, -0.2) is 31.7 Å². The summed E-state index contributed by atoms with van der Waals surface area (Å²) >= 11 is 5.84. The van der Waals surface area contributed by atoms with Crippen LogP contribution in [0.4, 0.5) is 5.69 Å². The van der Waals surface area contributed by atoms with Crippen LogP contribution in [0.25, 0.3) is 0 Å². The van der Waals surface area contributed by atoms with Crippen LogP contribution in [0.5, 0.6) is 0 Å². The second-order valence-corrected chi connectivity index (χ2v) is 5.33. The number of halogens is 1. The van der Waals surface area contributed by atoms with Gasteiger partial charge in [-0.25, -0.2) is 0 Å². The Morgan fingerprint density at radius 2 is 2.24 bits per heavy atom. The van der Waals surface area contributed by atoms with E-state index in [2.05, 4.69) is 10.6 Å². The van der Waals surface area contributed by atoms with Crippen LogP contribution in [0, 0.1) is 11.3 Å². The third-order valence-corrected chi connectivity index (χ3v) is 3.67. The Hall–Kier alpha value is -1.61. The number of rotatable bonds is 5. The van der Waals surface area contributed by atoms with Gasteiger partial charge < -0.3 is 15.4 Å². The number of hydrogen-bond acceptors (Lipinski definition) is 4. The van der Waals surface area contributed by atoms with Gasteiger partial charge in [-0.05, 0) is 44.1 Å². The molecular formula is C15H18ClN3O2. The van der Waals surface area contributed by atoms with E-state index in [0.29, 0.717) is 29.3 Å². The van der Waals surface area contributed by atoms with Crippen LogP contribution < -0.4 is 10.6 Å². The number of carbonyl (C=O) groups is 1. The summed E-state index contributed by atoms with van der Waals surface area (Å²) in [7, 11) is 0. The number of piperidine rings is 1. The maximum Gasteiger partial charge on any atom is 0.226 e. The highest BCUT2D eigenvalue weighted by Gasteiger charge is 2.13. The van der Waals surface area contributed by atoms with Gasteiger partial charge in [-0.2, -0.15) is 5.26 Å². The minimum Gasteiger partial charge on any atom is -0.378 e. The number of amides is 1. The first-order chi connectivity index (χ1) is 10.2. The molecule has 2 rings (SSSR count). The van der Waals surface area contributed by atoms with E-state index in [0.717, 1.165) is 25.9 Å². The minimum atomic E-state index is -0.129. The average molecular weight is 308 g/mol. The molecule has 5 nitrogen and oxygen atoms in total. The van der Waals surface area contributed by atoms with E-state index in [9.17, 15) is 4.79 Å². The van der Waals surface area contributed by atoms with Gasteiger partial charge >= 0.3 is 0 Å². The smallest absolute Gasteiger partial charge is 0.226 e. The first-order valence-electron chi connectivity index (χ1n) is 7.01. The lowest BCUT2D eigenvalue weighted by Crippen LogP contribution is -2.33. The first-order valence-corrected chi connectivity index (χ1v) is 7.38. The highest BCUT2D eigenvalue weighted by molar-refractivity contribution is 6.31. The molecule has 1 aliphatic heterocycles. The summed E-state index contributed by atoms with van der Waals surface area (Å²) in [6.07, 6.45) is 2.53. The number of nitriles is 1. The molecule has 0 radical (unpaired) electrons. The normalized spacial score (nSPS) is 15.4. The third-order valence-electron chi connectivity index (χ3n) is 3.34. The van der Waals surface area contributed by atoms with Crippen molar-refractivity contribution in [3.63, 3.8) is 0 Å². The van der Waals surface area contributed by atoms with Gasteiger partial charge in [-0.1, -0.05) is 11.6 Å². The van der Waals surface area contributed by atoms with E-state index in [1.54, 1.807) is 18.2 Å². The van der Waals surface area contributed by atoms with Gasteiger partial charge in [0, 0.05) is 5.69 Å². The van der Waals surface area contributed by atoms with Gasteiger partial charge in [-0.15, -0.1) is 0 Å². The summed E-state index contributed by atoms with van der Waals surface area (Å²) in [6, 6.07) is 6.82. The predicted octanol–water partition coefficient (Wildman–Crippen LogP) is 2.31. The molecule has 21 heavy (non-hydrogen) atoms. The lowest BCUT2D eigenvalue weighted by atomic mass is 10.1. The molecule has 1 aromatic carbocycles. The Kier molecular flexibility index (Phi) is 6.00. The molecule has 0 aromatic heterocycles. The number of benzene rings is 1. The van der Waals surface area contributed by atoms with Crippen LogP contribution in [0.15, 0.2) is 18.2 Å². The fraction of sp³-hybridized carbons (Fsp3) is 0.467. The predicted molar refractivity (Wildman–Crippen MR) is 81.3 cm³/mol. The third kappa shape index (κ3) is 5.01. The summed E-state index contributed by atoms with van der Waals surface area (Å²) in [5.74, 6) is -0.129.